The van der Waals surface area contributed by atoms with Crippen molar-refractivity contribution < 1.29 is 5.21 Å². The summed E-state index contributed by atoms with van der Waals surface area (Å²) >= 11 is 5.24. The molecule has 1 aliphatic rings. The van der Waals surface area contributed by atoms with Gasteiger partial charge in [-0.3, -0.25) is 0 Å². The molecule has 1 aromatic rings. The van der Waals surface area contributed by atoms with Crippen LogP contribution in [-0.4, -0.2) is 29.5 Å². The Morgan fingerprint density at radius 3 is 2.89 bits per heavy atom. The number of hydrogen-bond donors (Lipinski definition) is 2. The van der Waals surface area contributed by atoms with Crippen molar-refractivity contribution in [1.82, 2.24) is 4.90 Å². The Morgan fingerprint density at radius 2 is 2.39 bits per heavy atom. The topological polar surface area (TPSA) is 61.8 Å². The molecule has 0 amide bonds. The number of nitrogens with zero attached hydrogens (tertiary/aromatic N) is 2. The van der Waals surface area contributed by atoms with E-state index in [1.165, 1.54) is 17.7 Å². The van der Waals surface area contributed by atoms with E-state index in [2.05, 4.69) is 44.5 Å². The van der Waals surface area contributed by atoms with Gasteiger partial charge in [-0.2, -0.15) is 0 Å². The van der Waals surface area contributed by atoms with Gasteiger partial charge in [-0.05, 0) is 47.3 Å². The Labute approximate surface area is 120 Å². The first-order chi connectivity index (χ1) is 8.53. The second kappa shape index (κ2) is 5.59. The van der Waals surface area contributed by atoms with Crippen LogP contribution in [0.5, 0.6) is 0 Å². The Balaban J connectivity index is 1.86. The number of rotatable bonds is 6. The molecule has 4 nitrogen and oxygen atoms in total. The van der Waals surface area contributed by atoms with Crippen molar-refractivity contribution in [1.29, 1.82) is 0 Å². The summed E-state index contributed by atoms with van der Waals surface area (Å²) in [5, 5.41) is 13.8. The molecule has 0 aliphatic heterocycles. The zero-order valence-corrected chi connectivity index (χ0v) is 12.8. The van der Waals surface area contributed by atoms with Crippen LogP contribution in [0.25, 0.3) is 0 Å². The number of oxime groups is 1. The zero-order valence-electron chi connectivity index (χ0n) is 10.4. The van der Waals surface area contributed by atoms with E-state index in [1.54, 1.807) is 11.3 Å². The lowest BCUT2D eigenvalue weighted by molar-refractivity contribution is 0.258. The van der Waals surface area contributed by atoms with Crippen molar-refractivity contribution in [3.63, 3.8) is 0 Å². The van der Waals surface area contributed by atoms with Gasteiger partial charge >= 0.3 is 0 Å². The van der Waals surface area contributed by atoms with Crippen LogP contribution in [0.4, 0.5) is 0 Å². The molecular weight excluding hydrogens is 314 g/mol. The fourth-order valence-electron chi connectivity index (χ4n) is 2.32. The molecule has 3 N–H and O–H groups in total. The maximum absolute atomic E-state index is 8.64. The third kappa shape index (κ3) is 3.70. The first kappa shape index (κ1) is 13.8. The highest BCUT2D eigenvalue weighted by Gasteiger charge is 2.44. The van der Waals surface area contributed by atoms with E-state index in [9.17, 15) is 0 Å². The molecule has 0 atom stereocenters. The molecule has 1 fully saturated rings. The van der Waals surface area contributed by atoms with Crippen LogP contribution in [0.1, 0.15) is 24.1 Å². The minimum atomic E-state index is 0.236. The molecule has 18 heavy (non-hydrogen) atoms. The van der Waals surface area contributed by atoms with Crippen LogP contribution in [0, 0.1) is 5.41 Å². The summed E-state index contributed by atoms with van der Waals surface area (Å²) in [6.07, 6.45) is 3.03. The molecule has 0 spiro atoms. The SMILES string of the molecule is CN(Cc1cc(Br)cs1)CC1(CC(N)=NO)CC1. The second-order valence-corrected chi connectivity index (χ2v) is 7.08. The van der Waals surface area contributed by atoms with E-state index >= 15 is 0 Å². The smallest absolute Gasteiger partial charge is 0.139 e. The maximum atomic E-state index is 8.64. The Morgan fingerprint density at radius 1 is 1.67 bits per heavy atom. The van der Waals surface area contributed by atoms with Crippen LogP contribution in [0.2, 0.25) is 0 Å². The highest BCUT2D eigenvalue weighted by atomic mass is 79.9. The molecule has 100 valence electrons. The summed E-state index contributed by atoms with van der Waals surface area (Å²) in [5.41, 5.74) is 5.84. The lowest BCUT2D eigenvalue weighted by Crippen LogP contribution is -2.29. The highest BCUT2D eigenvalue weighted by molar-refractivity contribution is 9.10. The minimum absolute atomic E-state index is 0.236. The third-order valence-corrected chi connectivity index (χ3v) is 4.98. The molecule has 1 saturated carbocycles. The third-order valence-electron chi connectivity index (χ3n) is 3.29. The van der Waals surface area contributed by atoms with Crippen molar-refractivity contribution in [2.75, 3.05) is 13.6 Å². The number of amidine groups is 1. The number of nitrogens with two attached hydrogens (primary N) is 1. The van der Waals surface area contributed by atoms with Gasteiger partial charge in [0.15, 0.2) is 0 Å². The molecule has 0 radical (unpaired) electrons. The molecule has 2 rings (SSSR count). The van der Waals surface area contributed by atoms with Crippen LogP contribution in [0.3, 0.4) is 0 Å². The summed E-state index contributed by atoms with van der Waals surface area (Å²) in [5.74, 6) is 0.347. The quantitative estimate of drug-likeness (QED) is 0.364. The average Bonchev–Trinajstić information content (AvgIpc) is 2.92. The van der Waals surface area contributed by atoms with E-state index in [0.717, 1.165) is 17.6 Å². The van der Waals surface area contributed by atoms with Crippen LogP contribution in [0.15, 0.2) is 21.1 Å². The van der Waals surface area contributed by atoms with Crippen molar-refractivity contribution >= 4 is 33.1 Å². The summed E-state index contributed by atoms with van der Waals surface area (Å²) in [6, 6.07) is 2.16. The predicted octanol–water partition coefficient (Wildman–Crippen LogP) is 2.86. The Hall–Kier alpha value is -0.590. The Kier molecular flexibility index (Phi) is 4.29. The van der Waals surface area contributed by atoms with Crippen LogP contribution < -0.4 is 5.73 Å². The molecule has 0 unspecified atom stereocenters. The first-order valence-corrected chi connectivity index (χ1v) is 7.58. The Bertz CT molecular complexity index is 442. The van der Waals surface area contributed by atoms with Crippen molar-refractivity contribution in [3.8, 4) is 0 Å². The standard InChI is InChI=1S/C12H18BrN3OS/c1-16(6-10-4-9(13)7-18-10)8-12(2-3-12)5-11(14)15-17/h4,7,17H,2-3,5-6,8H2,1H3,(H2,14,15). The fourth-order valence-corrected chi connectivity index (χ4v) is 3.85. The van der Waals surface area contributed by atoms with Gasteiger partial charge in [0.2, 0.25) is 0 Å². The van der Waals surface area contributed by atoms with Crippen LogP contribution in [-0.2, 0) is 6.54 Å². The molecular formula is C12H18BrN3OS. The van der Waals surface area contributed by atoms with Crippen molar-refractivity contribution in [2.24, 2.45) is 16.3 Å². The first-order valence-electron chi connectivity index (χ1n) is 5.91. The van der Waals surface area contributed by atoms with Crippen LogP contribution >= 0.6 is 27.3 Å². The average molecular weight is 332 g/mol. The van der Waals surface area contributed by atoms with E-state index < -0.39 is 0 Å². The van der Waals surface area contributed by atoms with Crippen molar-refractivity contribution in [2.45, 2.75) is 25.8 Å². The zero-order chi connectivity index (χ0) is 13.2. The lowest BCUT2D eigenvalue weighted by Gasteiger charge is -2.22. The van der Waals surface area contributed by atoms with E-state index in [0.29, 0.717) is 12.3 Å². The number of hydrogen-bond acceptors (Lipinski definition) is 4. The van der Waals surface area contributed by atoms with Gasteiger partial charge in [0.1, 0.15) is 5.84 Å². The van der Waals surface area contributed by atoms with E-state index in [4.69, 9.17) is 10.9 Å². The van der Waals surface area contributed by atoms with Crippen molar-refractivity contribution in [3.05, 3.63) is 20.8 Å². The van der Waals surface area contributed by atoms with Gasteiger partial charge in [-0.1, -0.05) is 5.16 Å². The predicted molar refractivity (Wildman–Crippen MR) is 78.0 cm³/mol. The number of thiophene rings is 1. The van der Waals surface area contributed by atoms with Gasteiger partial charge in [-0.15, -0.1) is 11.3 Å². The molecule has 1 aliphatic carbocycles. The summed E-state index contributed by atoms with van der Waals surface area (Å²) in [6.45, 7) is 1.95. The number of halogens is 1. The lowest BCUT2D eigenvalue weighted by atomic mass is 10.0. The summed E-state index contributed by atoms with van der Waals surface area (Å²) < 4.78 is 1.15. The second-order valence-electron chi connectivity index (χ2n) is 5.17. The monoisotopic (exact) mass is 331 g/mol. The molecule has 1 aromatic heterocycles. The maximum Gasteiger partial charge on any atom is 0.139 e. The van der Waals surface area contributed by atoms with E-state index in [1.807, 2.05) is 0 Å². The molecule has 0 aromatic carbocycles. The molecule has 1 heterocycles. The molecule has 6 heteroatoms. The molecule has 0 bridgehead atoms. The van der Waals surface area contributed by atoms with Gasteiger partial charge in [0.05, 0.1) is 0 Å². The highest BCUT2D eigenvalue weighted by Crippen LogP contribution is 2.49. The largest absolute Gasteiger partial charge is 0.409 e. The summed E-state index contributed by atoms with van der Waals surface area (Å²) in [4.78, 5) is 3.67. The minimum Gasteiger partial charge on any atom is -0.409 e. The van der Waals surface area contributed by atoms with Gasteiger partial charge in [0, 0.05) is 34.2 Å². The summed E-state index contributed by atoms with van der Waals surface area (Å²) in [7, 11) is 2.12. The fraction of sp³-hybridized carbons (Fsp3) is 0.583. The van der Waals surface area contributed by atoms with Gasteiger partial charge in [0.25, 0.3) is 0 Å². The molecule has 0 saturated heterocycles. The van der Waals surface area contributed by atoms with E-state index in [-0.39, 0.29) is 5.41 Å². The van der Waals surface area contributed by atoms with Gasteiger partial charge in [-0.25, -0.2) is 0 Å². The normalized spacial score (nSPS) is 18.3. The van der Waals surface area contributed by atoms with Gasteiger partial charge < -0.3 is 15.8 Å².